The molecule has 0 saturated carbocycles. The van der Waals surface area contributed by atoms with Gasteiger partial charge in [-0.3, -0.25) is 4.79 Å². The molecule has 0 aromatic carbocycles. The summed E-state index contributed by atoms with van der Waals surface area (Å²) in [5, 5.41) is 11.8. The van der Waals surface area contributed by atoms with Crippen LogP contribution in [0.4, 0.5) is 0 Å². The first-order valence-electron chi connectivity index (χ1n) is 5.34. The summed E-state index contributed by atoms with van der Waals surface area (Å²) in [5.41, 5.74) is -0.464. The smallest absolute Gasteiger partial charge is 0.306 e. The van der Waals surface area contributed by atoms with E-state index in [0.717, 1.165) is 19.6 Å². The Morgan fingerprint density at radius 1 is 1.60 bits per heavy atom. The Bertz CT molecular complexity index is 234. The maximum Gasteiger partial charge on any atom is 0.306 e. The zero-order valence-electron chi connectivity index (χ0n) is 8.70. The number of hydrogen-bond donors (Lipinski definition) is 2. The van der Waals surface area contributed by atoms with Crippen molar-refractivity contribution in [1.29, 1.82) is 0 Å². The Morgan fingerprint density at radius 3 is 2.87 bits per heavy atom. The highest BCUT2D eigenvalue weighted by Crippen LogP contribution is 2.24. The van der Waals surface area contributed by atoms with Gasteiger partial charge >= 0.3 is 5.97 Å². The Kier molecular flexibility index (Phi) is 3.23. The van der Waals surface area contributed by atoms with Crippen LogP contribution in [-0.4, -0.2) is 49.6 Å². The van der Waals surface area contributed by atoms with Gasteiger partial charge in [-0.15, -0.1) is 0 Å². The minimum atomic E-state index is -0.792. The molecule has 2 N–H and O–H groups in total. The Hall–Kier alpha value is -0.650. The van der Waals surface area contributed by atoms with E-state index in [9.17, 15) is 4.79 Å². The standard InChI is InChI=1S/C10H17NO4/c12-9(13)3-10(6-11-7-10)15-5-8-1-2-14-4-8/h8,11H,1-7H2,(H,12,13). The van der Waals surface area contributed by atoms with Crippen LogP contribution in [0.25, 0.3) is 0 Å². The van der Waals surface area contributed by atoms with E-state index >= 15 is 0 Å². The third kappa shape index (κ3) is 2.68. The van der Waals surface area contributed by atoms with Crippen LogP contribution in [0.15, 0.2) is 0 Å². The summed E-state index contributed by atoms with van der Waals surface area (Å²) in [4.78, 5) is 10.7. The van der Waals surface area contributed by atoms with Crippen LogP contribution in [0.2, 0.25) is 0 Å². The third-order valence-electron chi connectivity index (χ3n) is 3.02. The Balaban J connectivity index is 1.77. The first kappa shape index (κ1) is 10.9. The highest BCUT2D eigenvalue weighted by atomic mass is 16.5. The second-order valence-corrected chi connectivity index (χ2v) is 4.40. The van der Waals surface area contributed by atoms with Crippen LogP contribution < -0.4 is 5.32 Å². The van der Waals surface area contributed by atoms with E-state index in [2.05, 4.69) is 5.32 Å². The summed E-state index contributed by atoms with van der Waals surface area (Å²) >= 11 is 0. The molecule has 2 aliphatic rings. The topological polar surface area (TPSA) is 67.8 Å². The molecule has 2 aliphatic heterocycles. The Morgan fingerprint density at radius 2 is 2.40 bits per heavy atom. The molecule has 0 aromatic heterocycles. The van der Waals surface area contributed by atoms with Crippen molar-refractivity contribution in [3.63, 3.8) is 0 Å². The summed E-state index contributed by atoms with van der Waals surface area (Å²) in [6.07, 6.45) is 1.12. The molecule has 0 aliphatic carbocycles. The lowest BCUT2D eigenvalue weighted by Crippen LogP contribution is -2.62. The molecule has 15 heavy (non-hydrogen) atoms. The quantitative estimate of drug-likeness (QED) is 0.668. The van der Waals surface area contributed by atoms with Crippen LogP contribution in [0.3, 0.4) is 0 Å². The molecule has 1 unspecified atom stereocenters. The number of carbonyl (C=O) groups is 1. The first-order chi connectivity index (χ1) is 7.20. The Labute approximate surface area is 88.7 Å². The van der Waals surface area contributed by atoms with E-state index in [0.29, 0.717) is 25.6 Å². The summed E-state index contributed by atoms with van der Waals surface area (Å²) in [6.45, 7) is 3.46. The number of carboxylic acids is 1. The molecule has 5 nitrogen and oxygen atoms in total. The van der Waals surface area contributed by atoms with Crippen LogP contribution in [0, 0.1) is 5.92 Å². The van der Waals surface area contributed by atoms with Gasteiger partial charge in [0.2, 0.25) is 0 Å². The minimum Gasteiger partial charge on any atom is -0.481 e. The normalized spacial score (nSPS) is 28.7. The summed E-state index contributed by atoms with van der Waals surface area (Å²) in [6, 6.07) is 0. The highest BCUT2D eigenvalue weighted by Gasteiger charge is 2.40. The molecule has 0 aromatic rings. The maximum absolute atomic E-state index is 10.7. The van der Waals surface area contributed by atoms with Crippen molar-refractivity contribution < 1.29 is 19.4 Å². The molecule has 2 saturated heterocycles. The second-order valence-electron chi connectivity index (χ2n) is 4.40. The van der Waals surface area contributed by atoms with E-state index in [4.69, 9.17) is 14.6 Å². The lowest BCUT2D eigenvalue weighted by molar-refractivity contribution is -0.152. The van der Waals surface area contributed by atoms with Crippen molar-refractivity contribution >= 4 is 5.97 Å². The van der Waals surface area contributed by atoms with Gasteiger partial charge in [0.15, 0.2) is 0 Å². The van der Waals surface area contributed by atoms with E-state index in [1.165, 1.54) is 0 Å². The van der Waals surface area contributed by atoms with Crippen molar-refractivity contribution in [2.24, 2.45) is 5.92 Å². The van der Waals surface area contributed by atoms with E-state index in [-0.39, 0.29) is 6.42 Å². The van der Waals surface area contributed by atoms with Gasteiger partial charge in [-0.25, -0.2) is 0 Å². The van der Waals surface area contributed by atoms with Crippen LogP contribution >= 0.6 is 0 Å². The number of aliphatic carboxylic acids is 1. The molecule has 0 bridgehead atoms. The molecule has 5 heteroatoms. The van der Waals surface area contributed by atoms with Crippen molar-refractivity contribution in [3.8, 4) is 0 Å². The highest BCUT2D eigenvalue weighted by molar-refractivity contribution is 5.68. The predicted octanol–water partition coefficient (Wildman–Crippen LogP) is -0.144. The average Bonchev–Trinajstić information content (AvgIpc) is 2.61. The molecule has 2 rings (SSSR count). The number of rotatable bonds is 5. The van der Waals surface area contributed by atoms with Crippen LogP contribution in [0.5, 0.6) is 0 Å². The minimum absolute atomic E-state index is 0.0909. The zero-order valence-corrected chi connectivity index (χ0v) is 8.70. The molecule has 0 amide bonds. The van der Waals surface area contributed by atoms with Gasteiger partial charge in [-0.05, 0) is 6.42 Å². The molecular weight excluding hydrogens is 198 g/mol. The SMILES string of the molecule is O=C(O)CC1(OCC2CCOC2)CNC1. The van der Waals surface area contributed by atoms with Crippen molar-refractivity contribution in [2.45, 2.75) is 18.4 Å². The maximum atomic E-state index is 10.7. The monoisotopic (exact) mass is 215 g/mol. The summed E-state index contributed by atoms with van der Waals surface area (Å²) in [7, 11) is 0. The largest absolute Gasteiger partial charge is 0.481 e. The second kappa shape index (κ2) is 4.47. The van der Waals surface area contributed by atoms with E-state index < -0.39 is 11.6 Å². The fourth-order valence-electron chi connectivity index (χ4n) is 1.97. The van der Waals surface area contributed by atoms with Gasteiger partial charge < -0.3 is 19.9 Å². The average molecular weight is 215 g/mol. The van der Waals surface area contributed by atoms with Gasteiger partial charge in [-0.2, -0.15) is 0 Å². The van der Waals surface area contributed by atoms with E-state index in [1.54, 1.807) is 0 Å². The number of hydrogen-bond acceptors (Lipinski definition) is 4. The number of nitrogens with one attached hydrogen (secondary N) is 1. The molecule has 86 valence electrons. The van der Waals surface area contributed by atoms with E-state index in [1.807, 2.05) is 0 Å². The van der Waals surface area contributed by atoms with Crippen molar-refractivity contribution in [2.75, 3.05) is 32.9 Å². The predicted molar refractivity (Wildman–Crippen MR) is 52.7 cm³/mol. The summed E-state index contributed by atoms with van der Waals surface area (Å²) < 4.78 is 11.0. The van der Waals surface area contributed by atoms with Gasteiger partial charge in [0.25, 0.3) is 0 Å². The van der Waals surface area contributed by atoms with Crippen LogP contribution in [0.1, 0.15) is 12.8 Å². The third-order valence-corrected chi connectivity index (χ3v) is 3.02. The molecule has 2 heterocycles. The number of ether oxygens (including phenoxy) is 2. The lowest BCUT2D eigenvalue weighted by atomic mass is 9.92. The molecule has 0 spiro atoms. The molecule has 0 radical (unpaired) electrons. The van der Waals surface area contributed by atoms with Gasteiger partial charge in [-0.1, -0.05) is 0 Å². The zero-order chi connectivity index (χ0) is 10.7. The molecule has 1 atom stereocenters. The van der Waals surface area contributed by atoms with Crippen LogP contribution in [-0.2, 0) is 14.3 Å². The molecule has 2 fully saturated rings. The van der Waals surface area contributed by atoms with Gasteiger partial charge in [0.05, 0.1) is 19.6 Å². The molecular formula is C10H17NO4. The first-order valence-corrected chi connectivity index (χ1v) is 5.34. The van der Waals surface area contributed by atoms with Gasteiger partial charge in [0, 0.05) is 25.6 Å². The fraction of sp³-hybridized carbons (Fsp3) is 0.900. The van der Waals surface area contributed by atoms with Crippen molar-refractivity contribution in [1.82, 2.24) is 5.32 Å². The van der Waals surface area contributed by atoms with Crippen molar-refractivity contribution in [3.05, 3.63) is 0 Å². The lowest BCUT2D eigenvalue weighted by Gasteiger charge is -2.41. The fourth-order valence-corrected chi connectivity index (χ4v) is 1.97. The number of carboxylic acid groups (broad SMARTS) is 1. The summed E-state index contributed by atoms with van der Waals surface area (Å²) in [5.74, 6) is -0.351. The van der Waals surface area contributed by atoms with Gasteiger partial charge in [0.1, 0.15) is 5.60 Å².